The lowest BCUT2D eigenvalue weighted by molar-refractivity contribution is 0.0697. The summed E-state index contributed by atoms with van der Waals surface area (Å²) in [4.78, 5) is 22.7. The van der Waals surface area contributed by atoms with Crippen LogP contribution in [0.1, 0.15) is 46.4 Å². The van der Waals surface area contributed by atoms with Gasteiger partial charge in [-0.25, -0.2) is 4.79 Å². The van der Waals surface area contributed by atoms with Gasteiger partial charge in [-0.3, -0.25) is 4.79 Å². The van der Waals surface area contributed by atoms with Crippen molar-refractivity contribution in [3.63, 3.8) is 0 Å². The average Bonchev–Trinajstić information content (AvgIpc) is 2.92. The van der Waals surface area contributed by atoms with Crippen molar-refractivity contribution < 1.29 is 14.7 Å². The van der Waals surface area contributed by atoms with Gasteiger partial charge >= 0.3 is 5.97 Å². The fourth-order valence-corrected chi connectivity index (χ4v) is 2.20. The third-order valence-corrected chi connectivity index (χ3v) is 3.24. The zero-order valence-electron chi connectivity index (χ0n) is 10.7. The van der Waals surface area contributed by atoms with E-state index in [1.165, 1.54) is 24.1 Å². The van der Waals surface area contributed by atoms with Gasteiger partial charge in [-0.1, -0.05) is 17.7 Å². The summed E-state index contributed by atoms with van der Waals surface area (Å²) in [5.41, 5.74) is 1.92. The molecule has 0 heterocycles. The van der Waals surface area contributed by atoms with Crippen LogP contribution in [0.5, 0.6) is 0 Å². The fraction of sp³-hybridized carbons (Fsp3) is 0.333. The standard InChI is InChI=1S/C15H17NO3/c17-14(16-9-8-11-4-1-2-5-11)12-6-3-7-13(10-12)15(18)19/h3-4,6-7,10H,1-2,5,8-9H2,(H,16,17)(H,18,19). The van der Waals surface area contributed by atoms with E-state index in [4.69, 9.17) is 5.11 Å². The second-order valence-electron chi connectivity index (χ2n) is 4.65. The summed E-state index contributed by atoms with van der Waals surface area (Å²) in [5.74, 6) is -1.24. The highest BCUT2D eigenvalue weighted by Crippen LogP contribution is 2.19. The second-order valence-corrected chi connectivity index (χ2v) is 4.65. The van der Waals surface area contributed by atoms with Gasteiger partial charge in [-0.2, -0.15) is 0 Å². The molecule has 1 aliphatic carbocycles. The van der Waals surface area contributed by atoms with Crippen LogP contribution in [0.4, 0.5) is 0 Å². The molecule has 4 heteroatoms. The van der Waals surface area contributed by atoms with Gasteiger partial charge in [-0.05, 0) is 43.9 Å². The Bertz CT molecular complexity index is 520. The Labute approximate surface area is 112 Å². The number of rotatable bonds is 5. The summed E-state index contributed by atoms with van der Waals surface area (Å²) in [7, 11) is 0. The van der Waals surface area contributed by atoms with Gasteiger partial charge in [0.1, 0.15) is 0 Å². The van der Waals surface area contributed by atoms with Gasteiger partial charge < -0.3 is 10.4 Å². The molecule has 0 saturated carbocycles. The molecule has 1 aliphatic rings. The third-order valence-electron chi connectivity index (χ3n) is 3.24. The number of carboxylic acid groups (broad SMARTS) is 1. The highest BCUT2D eigenvalue weighted by atomic mass is 16.4. The first-order valence-electron chi connectivity index (χ1n) is 6.46. The smallest absolute Gasteiger partial charge is 0.335 e. The van der Waals surface area contributed by atoms with E-state index in [0.717, 1.165) is 19.3 Å². The largest absolute Gasteiger partial charge is 0.478 e. The molecular weight excluding hydrogens is 242 g/mol. The highest BCUT2D eigenvalue weighted by molar-refractivity contribution is 5.97. The molecule has 1 amide bonds. The number of amides is 1. The normalized spacial score (nSPS) is 14.0. The number of hydrogen-bond donors (Lipinski definition) is 2. The SMILES string of the molecule is O=C(O)c1cccc(C(=O)NCCC2=CCCC2)c1. The lowest BCUT2D eigenvalue weighted by Gasteiger charge is -2.06. The molecule has 0 saturated heterocycles. The highest BCUT2D eigenvalue weighted by Gasteiger charge is 2.10. The number of carbonyl (C=O) groups is 2. The summed E-state index contributed by atoms with van der Waals surface area (Å²) >= 11 is 0. The molecule has 0 fully saturated rings. The minimum Gasteiger partial charge on any atom is -0.478 e. The van der Waals surface area contributed by atoms with Gasteiger partial charge in [0, 0.05) is 12.1 Å². The average molecular weight is 259 g/mol. The van der Waals surface area contributed by atoms with Crippen LogP contribution in [0.3, 0.4) is 0 Å². The topological polar surface area (TPSA) is 66.4 Å². The zero-order chi connectivity index (χ0) is 13.7. The Morgan fingerprint density at radius 2 is 2.05 bits per heavy atom. The van der Waals surface area contributed by atoms with Crippen LogP contribution >= 0.6 is 0 Å². The van der Waals surface area contributed by atoms with Crippen LogP contribution in [0.15, 0.2) is 35.9 Å². The summed E-state index contributed by atoms with van der Waals surface area (Å²) < 4.78 is 0. The Morgan fingerprint density at radius 1 is 1.26 bits per heavy atom. The Morgan fingerprint density at radius 3 is 2.74 bits per heavy atom. The van der Waals surface area contributed by atoms with Crippen molar-refractivity contribution in [2.75, 3.05) is 6.54 Å². The Balaban J connectivity index is 1.88. The zero-order valence-corrected chi connectivity index (χ0v) is 10.7. The maximum atomic E-state index is 11.9. The first-order valence-corrected chi connectivity index (χ1v) is 6.46. The third kappa shape index (κ3) is 3.68. The van der Waals surface area contributed by atoms with E-state index < -0.39 is 5.97 Å². The molecule has 4 nitrogen and oxygen atoms in total. The van der Waals surface area contributed by atoms with E-state index in [1.54, 1.807) is 12.1 Å². The summed E-state index contributed by atoms with van der Waals surface area (Å²) in [5, 5.41) is 11.7. The fourth-order valence-electron chi connectivity index (χ4n) is 2.20. The van der Waals surface area contributed by atoms with Crippen molar-refractivity contribution in [3.8, 4) is 0 Å². The number of carboxylic acids is 1. The second kappa shape index (κ2) is 6.18. The van der Waals surface area contributed by atoms with Gasteiger partial charge in [0.15, 0.2) is 0 Å². The van der Waals surface area contributed by atoms with Crippen LogP contribution < -0.4 is 5.32 Å². The van der Waals surface area contributed by atoms with Gasteiger partial charge in [0.25, 0.3) is 5.91 Å². The predicted octanol–water partition coefficient (Wildman–Crippen LogP) is 2.62. The number of allylic oxidation sites excluding steroid dienone is 1. The van der Waals surface area contributed by atoms with Crippen LogP contribution in [-0.4, -0.2) is 23.5 Å². The van der Waals surface area contributed by atoms with Crippen molar-refractivity contribution in [1.82, 2.24) is 5.32 Å². The molecule has 2 N–H and O–H groups in total. The van der Waals surface area contributed by atoms with Crippen molar-refractivity contribution in [1.29, 1.82) is 0 Å². The van der Waals surface area contributed by atoms with Gasteiger partial charge in [0.2, 0.25) is 0 Å². The first-order chi connectivity index (χ1) is 9.16. The van der Waals surface area contributed by atoms with Gasteiger partial charge in [0.05, 0.1) is 5.56 Å². The van der Waals surface area contributed by atoms with E-state index in [0.29, 0.717) is 12.1 Å². The predicted molar refractivity (Wildman–Crippen MR) is 72.3 cm³/mol. The molecule has 19 heavy (non-hydrogen) atoms. The minimum atomic E-state index is -1.02. The number of carbonyl (C=O) groups excluding carboxylic acids is 1. The first kappa shape index (κ1) is 13.3. The molecule has 0 aromatic heterocycles. The molecule has 0 atom stereocenters. The number of hydrogen-bond acceptors (Lipinski definition) is 2. The quantitative estimate of drug-likeness (QED) is 0.799. The van der Waals surface area contributed by atoms with Crippen molar-refractivity contribution in [3.05, 3.63) is 47.0 Å². The monoisotopic (exact) mass is 259 g/mol. The van der Waals surface area contributed by atoms with Crippen molar-refractivity contribution in [2.24, 2.45) is 0 Å². The molecule has 2 rings (SSSR count). The lowest BCUT2D eigenvalue weighted by atomic mass is 10.1. The molecule has 1 aromatic rings. The number of nitrogens with one attached hydrogen (secondary N) is 1. The number of aromatic carboxylic acids is 1. The van der Waals surface area contributed by atoms with Crippen molar-refractivity contribution in [2.45, 2.75) is 25.7 Å². The molecule has 0 spiro atoms. The Kier molecular flexibility index (Phi) is 4.34. The van der Waals surface area contributed by atoms with Crippen LogP contribution in [-0.2, 0) is 0 Å². The van der Waals surface area contributed by atoms with Gasteiger partial charge in [-0.15, -0.1) is 0 Å². The molecular formula is C15H17NO3. The maximum absolute atomic E-state index is 11.9. The molecule has 0 radical (unpaired) electrons. The lowest BCUT2D eigenvalue weighted by Crippen LogP contribution is -2.24. The van der Waals surface area contributed by atoms with Crippen LogP contribution in [0, 0.1) is 0 Å². The number of benzene rings is 1. The van der Waals surface area contributed by atoms with Crippen LogP contribution in [0.25, 0.3) is 0 Å². The Hall–Kier alpha value is -2.10. The van der Waals surface area contributed by atoms with E-state index in [9.17, 15) is 9.59 Å². The van der Waals surface area contributed by atoms with E-state index >= 15 is 0 Å². The maximum Gasteiger partial charge on any atom is 0.335 e. The summed E-state index contributed by atoms with van der Waals surface area (Å²) in [6.45, 7) is 0.599. The summed E-state index contributed by atoms with van der Waals surface area (Å²) in [6.07, 6.45) is 6.60. The van der Waals surface area contributed by atoms with E-state index in [-0.39, 0.29) is 11.5 Å². The minimum absolute atomic E-state index is 0.131. The van der Waals surface area contributed by atoms with E-state index in [1.807, 2.05) is 0 Å². The molecule has 0 aliphatic heterocycles. The molecule has 1 aromatic carbocycles. The molecule has 100 valence electrons. The van der Waals surface area contributed by atoms with Crippen LogP contribution in [0.2, 0.25) is 0 Å². The van der Waals surface area contributed by atoms with E-state index in [2.05, 4.69) is 11.4 Å². The van der Waals surface area contributed by atoms with Crippen molar-refractivity contribution >= 4 is 11.9 Å². The summed E-state index contributed by atoms with van der Waals surface area (Å²) in [6, 6.07) is 6.07. The molecule has 0 unspecified atom stereocenters. The molecule has 0 bridgehead atoms.